The zero-order chi connectivity index (χ0) is 22.8. The number of nitrogens with one attached hydrogen (secondary N) is 1. The molecule has 3 saturated heterocycles. The maximum atomic E-state index is 6.25. The van der Waals surface area contributed by atoms with Crippen LogP contribution in [0.25, 0.3) is 0 Å². The van der Waals surface area contributed by atoms with Gasteiger partial charge >= 0.3 is 0 Å². The van der Waals surface area contributed by atoms with Gasteiger partial charge in [-0.05, 0) is 73.3 Å². The number of hydrogen-bond donors (Lipinski definition) is 1. The van der Waals surface area contributed by atoms with E-state index >= 15 is 0 Å². The lowest BCUT2D eigenvalue weighted by Gasteiger charge is -2.54. The van der Waals surface area contributed by atoms with E-state index in [1.807, 2.05) is 36.4 Å². The minimum absolute atomic E-state index is 0.234. The number of piperidine rings is 3. The molecule has 0 radical (unpaired) electrons. The van der Waals surface area contributed by atoms with Gasteiger partial charge in [-0.15, -0.1) is 0 Å². The van der Waals surface area contributed by atoms with E-state index in [4.69, 9.17) is 27.9 Å². The van der Waals surface area contributed by atoms with Crippen LogP contribution in [-0.4, -0.2) is 37.2 Å². The van der Waals surface area contributed by atoms with Crippen LogP contribution in [0.2, 0.25) is 10.0 Å². The first-order valence-corrected chi connectivity index (χ1v) is 12.5. The zero-order valence-electron chi connectivity index (χ0n) is 18.9. The van der Waals surface area contributed by atoms with E-state index in [0.717, 1.165) is 35.4 Å². The van der Waals surface area contributed by atoms with Crippen molar-refractivity contribution in [3.63, 3.8) is 0 Å². The molecule has 1 N–H and O–H groups in total. The van der Waals surface area contributed by atoms with Gasteiger partial charge < -0.3 is 10.1 Å². The fraction of sp³-hybridized carbons (Fsp3) is 0.357. The lowest BCUT2D eigenvalue weighted by molar-refractivity contribution is 0.00462. The normalized spacial score (nSPS) is 24.2. The summed E-state index contributed by atoms with van der Waals surface area (Å²) in [5.74, 6) is 1.84. The van der Waals surface area contributed by atoms with Crippen LogP contribution in [0.15, 0.2) is 72.8 Å². The second-order valence-electron chi connectivity index (χ2n) is 9.16. The molecule has 0 unspecified atom stereocenters. The summed E-state index contributed by atoms with van der Waals surface area (Å²) >= 11 is 12.5. The Morgan fingerprint density at radius 2 is 1.45 bits per heavy atom. The Morgan fingerprint density at radius 3 is 2.03 bits per heavy atom. The topological polar surface area (TPSA) is 24.5 Å². The molecule has 3 aromatic carbocycles. The molecule has 0 aromatic heterocycles. The molecule has 0 aliphatic carbocycles. The first-order chi connectivity index (χ1) is 16.1. The first-order valence-electron chi connectivity index (χ1n) is 11.7. The highest BCUT2D eigenvalue weighted by atomic mass is 35.5. The van der Waals surface area contributed by atoms with Gasteiger partial charge in [-0.2, -0.15) is 0 Å². The fourth-order valence-electron chi connectivity index (χ4n) is 5.79. The van der Waals surface area contributed by atoms with Gasteiger partial charge in [-0.25, -0.2) is 0 Å². The Bertz CT molecular complexity index is 1020. The molecule has 2 atom stereocenters. The molecule has 0 spiro atoms. The molecule has 33 heavy (non-hydrogen) atoms. The summed E-state index contributed by atoms with van der Waals surface area (Å²) in [6, 6.07) is 25.8. The largest absolute Gasteiger partial charge is 0.496 e. The number of halogens is 2. The molecular formula is C28H30Cl2N2O. The summed E-state index contributed by atoms with van der Waals surface area (Å²) in [5, 5.41) is 5.50. The smallest absolute Gasteiger partial charge is 0.123 e. The Labute approximate surface area is 206 Å². The van der Waals surface area contributed by atoms with Gasteiger partial charge in [0.05, 0.1) is 7.11 Å². The van der Waals surface area contributed by atoms with E-state index in [-0.39, 0.29) is 5.92 Å². The van der Waals surface area contributed by atoms with Gasteiger partial charge in [0.1, 0.15) is 5.75 Å². The Kier molecular flexibility index (Phi) is 6.94. The number of rotatable bonds is 7. The molecule has 172 valence electrons. The van der Waals surface area contributed by atoms with E-state index in [1.54, 1.807) is 7.11 Å². The van der Waals surface area contributed by atoms with Crippen molar-refractivity contribution in [1.29, 1.82) is 0 Å². The molecule has 3 nitrogen and oxygen atoms in total. The van der Waals surface area contributed by atoms with Crippen LogP contribution in [0.5, 0.6) is 5.75 Å². The number of methoxy groups -OCH3 is 1. The van der Waals surface area contributed by atoms with Crippen LogP contribution in [0.1, 0.15) is 35.4 Å². The predicted molar refractivity (Wildman–Crippen MR) is 136 cm³/mol. The third-order valence-electron chi connectivity index (χ3n) is 7.39. The van der Waals surface area contributed by atoms with Crippen LogP contribution in [0.3, 0.4) is 0 Å². The average molecular weight is 481 g/mol. The third kappa shape index (κ3) is 4.79. The maximum absolute atomic E-state index is 6.25. The molecule has 3 heterocycles. The highest BCUT2D eigenvalue weighted by Crippen LogP contribution is 2.42. The van der Waals surface area contributed by atoms with Crippen molar-refractivity contribution < 1.29 is 4.74 Å². The molecule has 3 fully saturated rings. The Hall–Kier alpha value is -2.04. The van der Waals surface area contributed by atoms with Gasteiger partial charge in [-0.1, -0.05) is 65.7 Å². The van der Waals surface area contributed by atoms with Crippen molar-refractivity contribution in [2.24, 2.45) is 5.92 Å². The summed E-state index contributed by atoms with van der Waals surface area (Å²) in [6.07, 6.45) is 2.49. The molecule has 3 aliphatic heterocycles. The Morgan fingerprint density at radius 1 is 0.879 bits per heavy atom. The minimum atomic E-state index is 0.234. The van der Waals surface area contributed by atoms with Crippen molar-refractivity contribution >= 4 is 23.2 Å². The quantitative estimate of drug-likeness (QED) is 0.424. The van der Waals surface area contributed by atoms with Crippen LogP contribution in [0, 0.1) is 5.92 Å². The van der Waals surface area contributed by atoms with Crippen LogP contribution in [-0.2, 0) is 6.54 Å². The molecule has 6 rings (SSSR count). The van der Waals surface area contributed by atoms with Crippen molar-refractivity contribution in [1.82, 2.24) is 10.2 Å². The fourth-order valence-corrected chi connectivity index (χ4v) is 6.04. The molecular weight excluding hydrogens is 451 g/mol. The van der Waals surface area contributed by atoms with Gasteiger partial charge in [-0.3, -0.25) is 4.90 Å². The third-order valence-corrected chi connectivity index (χ3v) is 7.90. The van der Waals surface area contributed by atoms with Gasteiger partial charge in [0.25, 0.3) is 0 Å². The number of benzene rings is 3. The van der Waals surface area contributed by atoms with Crippen molar-refractivity contribution in [3.05, 3.63) is 99.5 Å². The van der Waals surface area contributed by atoms with Crippen LogP contribution in [0.4, 0.5) is 0 Å². The monoisotopic (exact) mass is 480 g/mol. The average Bonchev–Trinajstić information content (AvgIpc) is 2.86. The second kappa shape index (κ2) is 10.1. The summed E-state index contributed by atoms with van der Waals surface area (Å²) in [4.78, 5) is 2.69. The zero-order valence-corrected chi connectivity index (χ0v) is 20.4. The minimum Gasteiger partial charge on any atom is -0.496 e. The summed E-state index contributed by atoms with van der Waals surface area (Å²) in [7, 11) is 1.74. The van der Waals surface area contributed by atoms with E-state index < -0.39 is 0 Å². The summed E-state index contributed by atoms with van der Waals surface area (Å²) in [5.41, 5.74) is 3.79. The SMILES string of the molecule is COc1ccccc1CN[C@@H]1C2CCN(CC2)[C@@H]1C(c1ccc(Cl)cc1)c1ccc(Cl)cc1. The lowest BCUT2D eigenvalue weighted by Crippen LogP contribution is -2.64. The number of para-hydroxylation sites is 1. The number of ether oxygens (including phenoxy) is 1. The van der Waals surface area contributed by atoms with Gasteiger partial charge in [0.15, 0.2) is 0 Å². The standard InChI is InChI=1S/C28H30Cl2N2O/c1-33-25-5-3-2-4-22(25)18-31-27-21-14-16-32(17-15-21)28(27)26(19-6-10-23(29)11-7-19)20-8-12-24(30)13-9-20/h2-13,21,26-28,31H,14-18H2,1H3/t27-,28-/m1/s1. The van der Waals surface area contributed by atoms with E-state index in [1.165, 1.54) is 29.5 Å². The van der Waals surface area contributed by atoms with Crippen molar-refractivity contribution in [3.8, 4) is 5.75 Å². The van der Waals surface area contributed by atoms with Crippen molar-refractivity contribution in [2.45, 2.75) is 37.4 Å². The molecule has 5 heteroatoms. The molecule has 3 aromatic rings. The summed E-state index contributed by atoms with van der Waals surface area (Å²) in [6.45, 7) is 3.10. The maximum Gasteiger partial charge on any atom is 0.123 e. The molecule has 2 bridgehead atoms. The molecule has 3 aliphatic rings. The van der Waals surface area contributed by atoms with Crippen LogP contribution < -0.4 is 10.1 Å². The summed E-state index contributed by atoms with van der Waals surface area (Å²) < 4.78 is 5.61. The van der Waals surface area contributed by atoms with Gasteiger partial charge in [0.2, 0.25) is 0 Å². The van der Waals surface area contributed by atoms with Crippen molar-refractivity contribution in [2.75, 3.05) is 20.2 Å². The van der Waals surface area contributed by atoms with E-state index in [0.29, 0.717) is 18.0 Å². The highest BCUT2D eigenvalue weighted by Gasteiger charge is 2.46. The van der Waals surface area contributed by atoms with E-state index in [9.17, 15) is 0 Å². The predicted octanol–water partition coefficient (Wildman–Crippen LogP) is 6.39. The molecule has 0 amide bonds. The van der Waals surface area contributed by atoms with Gasteiger partial charge in [0, 0.05) is 40.2 Å². The second-order valence-corrected chi connectivity index (χ2v) is 10.0. The number of fused-ring (bicyclic) bond motifs is 3. The van der Waals surface area contributed by atoms with Crippen LogP contribution >= 0.6 is 23.2 Å². The Balaban J connectivity index is 1.51. The van der Waals surface area contributed by atoms with E-state index in [2.05, 4.69) is 46.6 Å². The number of hydrogen-bond acceptors (Lipinski definition) is 3. The molecule has 0 saturated carbocycles. The first kappa shape index (κ1) is 22.7. The number of nitrogens with zero attached hydrogens (tertiary/aromatic N) is 1. The lowest BCUT2D eigenvalue weighted by atomic mass is 9.70. The highest BCUT2D eigenvalue weighted by molar-refractivity contribution is 6.30.